The molecule has 1 aliphatic heterocycles. The third kappa shape index (κ3) is 2.71. The number of aliphatic imine (C=N–C) groups is 1. The van der Waals surface area contributed by atoms with Crippen molar-refractivity contribution in [1.82, 2.24) is 14.8 Å². The summed E-state index contributed by atoms with van der Waals surface area (Å²) in [6, 6.07) is 10.4. The van der Waals surface area contributed by atoms with Crippen LogP contribution in [0.4, 0.5) is 15.9 Å². The number of nitrogens with zero attached hydrogens (tertiary/aromatic N) is 5. The molecule has 3 aromatic rings. The van der Waals surface area contributed by atoms with Gasteiger partial charge in [-0.3, -0.25) is 9.67 Å². The highest BCUT2D eigenvalue weighted by Gasteiger charge is 2.18. The van der Waals surface area contributed by atoms with Gasteiger partial charge < -0.3 is 9.64 Å². The third-order valence-corrected chi connectivity index (χ3v) is 3.64. The van der Waals surface area contributed by atoms with Crippen molar-refractivity contribution in [2.75, 3.05) is 11.6 Å². The Kier molecular flexibility index (Phi) is 3.45. The number of aryl methyl sites for hydroxylation is 1. The minimum absolute atomic E-state index is 0.339. The average Bonchev–Trinajstić information content (AvgIpc) is 3.02. The maximum Gasteiger partial charge on any atom is 0.219 e. The molecule has 0 radical (unpaired) electrons. The van der Waals surface area contributed by atoms with Gasteiger partial charge in [0.15, 0.2) is 5.82 Å². The zero-order valence-electron chi connectivity index (χ0n) is 12.9. The number of halogens is 1. The molecule has 0 saturated heterocycles. The van der Waals surface area contributed by atoms with Crippen LogP contribution < -0.4 is 9.64 Å². The number of fused-ring (bicyclic) bond motifs is 1. The summed E-state index contributed by atoms with van der Waals surface area (Å²) >= 11 is 0. The largest absolute Gasteiger partial charge is 0.439 e. The lowest BCUT2D eigenvalue weighted by molar-refractivity contribution is 0.459. The SMILES string of the molecule is Cn1ccc(N2CN=Cc3cc(Oc4ccc(F)cn4)ccc32)n1. The van der Waals surface area contributed by atoms with Crippen LogP contribution in [0.2, 0.25) is 0 Å². The first-order valence-corrected chi connectivity index (χ1v) is 7.39. The average molecular weight is 323 g/mol. The Bertz CT molecular complexity index is 904. The lowest BCUT2D eigenvalue weighted by Crippen LogP contribution is -2.22. The second kappa shape index (κ2) is 5.77. The molecule has 120 valence electrons. The lowest BCUT2D eigenvalue weighted by Gasteiger charge is -2.25. The Morgan fingerprint density at radius 1 is 1.17 bits per heavy atom. The second-order valence-corrected chi connectivity index (χ2v) is 5.37. The molecule has 2 aromatic heterocycles. The van der Waals surface area contributed by atoms with Crippen molar-refractivity contribution < 1.29 is 9.13 Å². The van der Waals surface area contributed by atoms with Crippen LogP contribution in [0.1, 0.15) is 5.56 Å². The van der Waals surface area contributed by atoms with E-state index in [1.165, 1.54) is 12.1 Å². The summed E-state index contributed by atoms with van der Waals surface area (Å²) < 4.78 is 20.3. The van der Waals surface area contributed by atoms with E-state index in [1.54, 1.807) is 10.9 Å². The molecule has 7 heteroatoms. The maximum atomic E-state index is 12.9. The lowest BCUT2D eigenvalue weighted by atomic mass is 10.1. The molecule has 0 bridgehead atoms. The molecule has 6 nitrogen and oxygen atoms in total. The van der Waals surface area contributed by atoms with Crippen molar-refractivity contribution in [1.29, 1.82) is 0 Å². The summed E-state index contributed by atoms with van der Waals surface area (Å²) in [6.07, 6.45) is 4.82. The molecule has 1 aromatic carbocycles. The summed E-state index contributed by atoms with van der Waals surface area (Å²) in [7, 11) is 1.88. The first kappa shape index (κ1) is 14.4. The highest BCUT2D eigenvalue weighted by Crippen LogP contribution is 2.32. The van der Waals surface area contributed by atoms with Gasteiger partial charge in [-0.25, -0.2) is 9.37 Å². The van der Waals surface area contributed by atoms with Gasteiger partial charge in [0.1, 0.15) is 18.2 Å². The number of pyridine rings is 1. The molecular formula is C17H14FN5O. The van der Waals surface area contributed by atoms with Crippen molar-refractivity contribution >= 4 is 17.7 Å². The number of benzene rings is 1. The van der Waals surface area contributed by atoms with Gasteiger partial charge in [0, 0.05) is 37.2 Å². The molecule has 0 saturated carbocycles. The smallest absolute Gasteiger partial charge is 0.219 e. The quantitative estimate of drug-likeness (QED) is 0.742. The Hall–Kier alpha value is -3.22. The van der Waals surface area contributed by atoms with E-state index in [9.17, 15) is 4.39 Å². The van der Waals surface area contributed by atoms with Gasteiger partial charge in [-0.15, -0.1) is 0 Å². The van der Waals surface area contributed by atoms with Gasteiger partial charge in [-0.2, -0.15) is 5.10 Å². The number of ether oxygens (including phenoxy) is 1. The van der Waals surface area contributed by atoms with Crippen molar-refractivity contribution in [2.45, 2.75) is 0 Å². The van der Waals surface area contributed by atoms with E-state index in [2.05, 4.69) is 15.1 Å². The Morgan fingerprint density at radius 3 is 2.83 bits per heavy atom. The molecular weight excluding hydrogens is 309 g/mol. The monoisotopic (exact) mass is 323 g/mol. The molecule has 4 rings (SSSR count). The van der Waals surface area contributed by atoms with Gasteiger partial charge in [-0.05, 0) is 24.3 Å². The molecule has 0 fully saturated rings. The topological polar surface area (TPSA) is 55.5 Å². The predicted molar refractivity (Wildman–Crippen MR) is 88.5 cm³/mol. The van der Waals surface area contributed by atoms with E-state index in [1.807, 2.05) is 42.4 Å². The fourth-order valence-corrected chi connectivity index (χ4v) is 2.53. The van der Waals surface area contributed by atoms with Crippen molar-refractivity contribution in [3.8, 4) is 11.6 Å². The molecule has 0 aliphatic carbocycles. The molecule has 24 heavy (non-hydrogen) atoms. The summed E-state index contributed by atoms with van der Waals surface area (Å²) in [5.41, 5.74) is 1.93. The minimum Gasteiger partial charge on any atom is -0.439 e. The van der Waals surface area contributed by atoms with Gasteiger partial charge in [0.25, 0.3) is 0 Å². The minimum atomic E-state index is -0.397. The van der Waals surface area contributed by atoms with Gasteiger partial charge in [-0.1, -0.05) is 0 Å². The first-order valence-electron chi connectivity index (χ1n) is 7.39. The Balaban J connectivity index is 1.63. The summed E-state index contributed by atoms with van der Waals surface area (Å²) in [6.45, 7) is 0.518. The van der Waals surface area contributed by atoms with Crippen LogP contribution in [-0.2, 0) is 7.05 Å². The van der Waals surface area contributed by atoms with E-state index in [0.717, 1.165) is 23.3 Å². The number of aromatic nitrogens is 3. The highest BCUT2D eigenvalue weighted by molar-refractivity contribution is 5.92. The van der Waals surface area contributed by atoms with Crippen LogP contribution >= 0.6 is 0 Å². The molecule has 0 amide bonds. The van der Waals surface area contributed by atoms with Crippen LogP contribution in [-0.4, -0.2) is 27.6 Å². The molecule has 0 atom stereocenters. The van der Waals surface area contributed by atoms with Crippen LogP contribution in [0.3, 0.4) is 0 Å². The molecule has 0 N–H and O–H groups in total. The molecule has 3 heterocycles. The van der Waals surface area contributed by atoms with E-state index in [-0.39, 0.29) is 0 Å². The van der Waals surface area contributed by atoms with Crippen LogP contribution in [0.5, 0.6) is 11.6 Å². The van der Waals surface area contributed by atoms with Gasteiger partial charge >= 0.3 is 0 Å². The normalized spacial score (nSPS) is 13.0. The number of hydrogen-bond donors (Lipinski definition) is 0. The van der Waals surface area contributed by atoms with Gasteiger partial charge in [0.2, 0.25) is 5.88 Å². The van der Waals surface area contributed by atoms with Crippen LogP contribution in [0, 0.1) is 5.82 Å². The van der Waals surface area contributed by atoms with E-state index in [4.69, 9.17) is 4.74 Å². The Morgan fingerprint density at radius 2 is 2.08 bits per heavy atom. The van der Waals surface area contributed by atoms with Gasteiger partial charge in [0.05, 0.1) is 11.9 Å². The van der Waals surface area contributed by atoms with Crippen LogP contribution in [0.15, 0.2) is 53.8 Å². The summed E-state index contributed by atoms with van der Waals surface area (Å²) in [5, 5.41) is 4.42. The summed E-state index contributed by atoms with van der Waals surface area (Å²) in [4.78, 5) is 10.3. The van der Waals surface area contributed by atoms with Crippen molar-refractivity contribution in [2.24, 2.45) is 12.0 Å². The molecule has 1 aliphatic rings. The van der Waals surface area contributed by atoms with Crippen molar-refractivity contribution in [3.05, 3.63) is 60.2 Å². The number of anilines is 2. The second-order valence-electron chi connectivity index (χ2n) is 5.37. The zero-order chi connectivity index (χ0) is 16.5. The van der Waals surface area contributed by atoms with E-state index >= 15 is 0 Å². The first-order chi connectivity index (χ1) is 11.7. The maximum absolute atomic E-state index is 12.9. The summed E-state index contributed by atoms with van der Waals surface area (Å²) in [5.74, 6) is 1.39. The standard InChI is InChI=1S/C17H14FN5O/c1-22-7-6-16(21-22)23-11-19-9-12-8-14(3-4-15(12)23)24-17-5-2-13(18)10-20-17/h2-10H,11H2,1H3. The van der Waals surface area contributed by atoms with Crippen molar-refractivity contribution in [3.63, 3.8) is 0 Å². The Labute approximate surface area is 137 Å². The molecule has 0 unspecified atom stereocenters. The van der Waals surface area contributed by atoms with E-state index in [0.29, 0.717) is 18.3 Å². The third-order valence-electron chi connectivity index (χ3n) is 3.64. The number of hydrogen-bond acceptors (Lipinski definition) is 5. The van der Waals surface area contributed by atoms with Crippen LogP contribution in [0.25, 0.3) is 0 Å². The highest BCUT2D eigenvalue weighted by atomic mass is 19.1. The fraction of sp³-hybridized carbons (Fsp3) is 0.118. The van der Waals surface area contributed by atoms with E-state index < -0.39 is 5.82 Å². The number of rotatable bonds is 3. The predicted octanol–water partition coefficient (Wildman–Crippen LogP) is 3.27. The zero-order valence-corrected chi connectivity index (χ0v) is 12.9. The fourth-order valence-electron chi connectivity index (χ4n) is 2.53. The molecule has 0 spiro atoms.